The average molecular weight is 542 g/mol. The second-order valence-electron chi connectivity index (χ2n) is 8.79. The summed E-state index contributed by atoms with van der Waals surface area (Å²) in [6.45, 7) is 4.70. The number of ether oxygens (including phenoxy) is 1. The SMILES string of the molecule is CC(C)CNC(=O)c1ccc(-c2ccccc2COc2ccc(C(=N)N)cc2)c(C(=O)O)c1.CS(=O)(=O)O. The second-order valence-corrected chi connectivity index (χ2v) is 10.3. The van der Waals surface area contributed by atoms with Crippen LogP contribution < -0.4 is 15.8 Å². The highest BCUT2D eigenvalue weighted by molar-refractivity contribution is 7.85. The highest BCUT2D eigenvalue weighted by Crippen LogP contribution is 2.29. The van der Waals surface area contributed by atoms with E-state index in [1.54, 1.807) is 36.4 Å². The van der Waals surface area contributed by atoms with E-state index in [9.17, 15) is 23.1 Å². The number of hydrogen-bond acceptors (Lipinski definition) is 6. The Balaban J connectivity index is 0.000000926. The fraction of sp³-hybridized carbons (Fsp3) is 0.222. The lowest BCUT2D eigenvalue weighted by Crippen LogP contribution is -2.27. The third-order valence-electron chi connectivity index (χ3n) is 5.05. The van der Waals surface area contributed by atoms with E-state index in [0.29, 0.717) is 40.8 Å². The molecule has 0 aliphatic heterocycles. The molecule has 0 bridgehead atoms. The molecule has 202 valence electrons. The lowest BCUT2D eigenvalue weighted by molar-refractivity contribution is 0.0697. The van der Waals surface area contributed by atoms with E-state index in [1.165, 1.54) is 6.07 Å². The van der Waals surface area contributed by atoms with Crippen molar-refractivity contribution < 1.29 is 32.4 Å². The first-order valence-corrected chi connectivity index (χ1v) is 13.3. The number of carboxylic acids is 1. The summed E-state index contributed by atoms with van der Waals surface area (Å²) in [5, 5.41) is 20.1. The van der Waals surface area contributed by atoms with Crippen molar-refractivity contribution in [2.24, 2.45) is 11.7 Å². The minimum absolute atomic E-state index is 0.0190. The number of carboxylic acid groups (broad SMARTS) is 1. The van der Waals surface area contributed by atoms with Crippen molar-refractivity contribution in [1.29, 1.82) is 5.41 Å². The van der Waals surface area contributed by atoms with Crippen LogP contribution in [0.5, 0.6) is 5.75 Å². The van der Waals surface area contributed by atoms with E-state index in [1.807, 2.05) is 38.1 Å². The number of rotatable bonds is 9. The Bertz CT molecular complexity index is 1390. The number of benzene rings is 3. The molecule has 0 atom stereocenters. The van der Waals surface area contributed by atoms with Crippen LogP contribution in [-0.2, 0) is 16.7 Å². The first-order chi connectivity index (χ1) is 17.8. The summed E-state index contributed by atoms with van der Waals surface area (Å²) in [6.07, 6.45) is 0.715. The number of nitrogen functional groups attached to an aromatic ring is 1. The van der Waals surface area contributed by atoms with Crippen molar-refractivity contribution in [2.75, 3.05) is 12.8 Å². The molecule has 0 unspecified atom stereocenters. The highest BCUT2D eigenvalue weighted by Gasteiger charge is 2.18. The molecule has 10 nitrogen and oxygen atoms in total. The molecule has 0 saturated heterocycles. The molecule has 0 aromatic heterocycles. The molecule has 1 amide bonds. The summed E-state index contributed by atoms with van der Waals surface area (Å²) in [5.74, 6) is -0.542. The van der Waals surface area contributed by atoms with Gasteiger partial charge in [0, 0.05) is 17.7 Å². The third-order valence-corrected chi connectivity index (χ3v) is 5.05. The Labute approximate surface area is 221 Å². The Kier molecular flexibility index (Phi) is 10.5. The Morgan fingerprint density at radius 2 is 1.58 bits per heavy atom. The topological polar surface area (TPSA) is 180 Å². The lowest BCUT2D eigenvalue weighted by atomic mass is 9.94. The maximum Gasteiger partial charge on any atom is 0.336 e. The molecule has 38 heavy (non-hydrogen) atoms. The van der Waals surface area contributed by atoms with Crippen molar-refractivity contribution in [2.45, 2.75) is 20.5 Å². The van der Waals surface area contributed by atoms with Gasteiger partial charge in [0.2, 0.25) is 0 Å². The average Bonchev–Trinajstić information content (AvgIpc) is 2.85. The third kappa shape index (κ3) is 9.68. The van der Waals surface area contributed by atoms with Gasteiger partial charge < -0.3 is 20.9 Å². The quantitative estimate of drug-likeness (QED) is 0.154. The largest absolute Gasteiger partial charge is 0.489 e. The van der Waals surface area contributed by atoms with Crippen molar-refractivity contribution in [3.63, 3.8) is 0 Å². The fourth-order valence-corrected chi connectivity index (χ4v) is 3.30. The van der Waals surface area contributed by atoms with E-state index in [2.05, 4.69) is 5.32 Å². The predicted octanol–water partition coefficient (Wildman–Crippen LogP) is 3.80. The monoisotopic (exact) mass is 541 g/mol. The first-order valence-electron chi connectivity index (χ1n) is 11.5. The fourth-order valence-electron chi connectivity index (χ4n) is 3.30. The molecule has 0 aliphatic carbocycles. The van der Waals surface area contributed by atoms with E-state index < -0.39 is 16.1 Å². The van der Waals surface area contributed by atoms with Gasteiger partial charge >= 0.3 is 5.97 Å². The standard InChI is InChI=1S/C26H27N3O4.CH4O3S/c1-16(2)14-29-25(30)18-9-12-22(23(13-18)26(31)32)21-6-4-3-5-19(21)15-33-20-10-7-17(8-11-20)24(27)28;1-5(2,3)4/h3-13,16H,14-15H2,1-2H3,(H3,27,28)(H,29,30)(H,31,32);1H3,(H,2,3,4). The molecule has 0 spiro atoms. The summed E-state index contributed by atoms with van der Waals surface area (Å²) in [4.78, 5) is 24.4. The van der Waals surface area contributed by atoms with Gasteiger partial charge in [0.15, 0.2) is 0 Å². The molecular weight excluding hydrogens is 510 g/mol. The van der Waals surface area contributed by atoms with E-state index in [0.717, 1.165) is 5.56 Å². The Morgan fingerprint density at radius 1 is 1.00 bits per heavy atom. The lowest BCUT2D eigenvalue weighted by Gasteiger charge is -2.15. The zero-order valence-electron chi connectivity index (χ0n) is 21.3. The van der Waals surface area contributed by atoms with Crippen LogP contribution in [0.1, 0.15) is 45.7 Å². The zero-order chi connectivity index (χ0) is 28.5. The minimum atomic E-state index is -3.67. The predicted molar refractivity (Wildman–Crippen MR) is 145 cm³/mol. The molecule has 0 aliphatic rings. The number of amides is 1. The van der Waals surface area contributed by atoms with Crippen LogP contribution in [0, 0.1) is 11.3 Å². The first kappa shape index (κ1) is 30.0. The number of nitrogens with two attached hydrogens (primary N) is 1. The molecule has 6 N–H and O–H groups in total. The van der Waals surface area contributed by atoms with Gasteiger partial charge in [0.1, 0.15) is 18.2 Å². The number of hydrogen-bond donors (Lipinski definition) is 5. The molecule has 0 saturated carbocycles. The number of nitrogens with one attached hydrogen (secondary N) is 2. The maximum atomic E-state index is 12.4. The van der Waals surface area contributed by atoms with Gasteiger partial charge in [-0.3, -0.25) is 14.8 Å². The Morgan fingerprint density at radius 3 is 2.13 bits per heavy atom. The summed E-state index contributed by atoms with van der Waals surface area (Å²) in [6, 6.07) is 19.0. The van der Waals surface area contributed by atoms with Gasteiger partial charge in [-0.25, -0.2) is 4.79 Å². The Hall–Kier alpha value is -4.22. The van der Waals surface area contributed by atoms with Gasteiger partial charge in [0.25, 0.3) is 16.0 Å². The van der Waals surface area contributed by atoms with Crippen LogP contribution >= 0.6 is 0 Å². The van der Waals surface area contributed by atoms with Crippen LogP contribution in [0.4, 0.5) is 0 Å². The number of aromatic carboxylic acids is 1. The molecule has 3 aromatic carbocycles. The molecule has 0 fully saturated rings. The summed E-state index contributed by atoms with van der Waals surface area (Å²) in [7, 11) is -3.67. The van der Waals surface area contributed by atoms with Gasteiger partial charge in [0.05, 0.1) is 11.8 Å². The molecular formula is C27H31N3O7S. The molecule has 3 aromatic rings. The summed E-state index contributed by atoms with van der Waals surface area (Å²) in [5.41, 5.74) is 8.45. The number of carbonyl (C=O) groups is 2. The minimum Gasteiger partial charge on any atom is -0.489 e. The smallest absolute Gasteiger partial charge is 0.336 e. The molecule has 3 rings (SSSR count). The van der Waals surface area contributed by atoms with Crippen molar-refractivity contribution in [1.82, 2.24) is 5.32 Å². The maximum absolute atomic E-state index is 12.4. The van der Waals surface area contributed by atoms with Crippen LogP contribution in [-0.4, -0.2) is 48.6 Å². The molecule has 0 radical (unpaired) electrons. The van der Waals surface area contributed by atoms with Crippen LogP contribution in [0.25, 0.3) is 11.1 Å². The van der Waals surface area contributed by atoms with Gasteiger partial charge in [-0.2, -0.15) is 8.42 Å². The molecule has 11 heteroatoms. The molecule has 0 heterocycles. The number of carbonyl (C=O) groups excluding carboxylic acids is 1. The van der Waals surface area contributed by atoms with Crippen LogP contribution in [0.2, 0.25) is 0 Å². The van der Waals surface area contributed by atoms with Crippen molar-refractivity contribution in [3.05, 3.63) is 89.0 Å². The van der Waals surface area contributed by atoms with Crippen molar-refractivity contribution in [3.8, 4) is 16.9 Å². The van der Waals surface area contributed by atoms with Crippen LogP contribution in [0.15, 0.2) is 66.7 Å². The van der Waals surface area contributed by atoms with Gasteiger partial charge in [-0.1, -0.05) is 44.2 Å². The zero-order valence-corrected chi connectivity index (χ0v) is 22.1. The van der Waals surface area contributed by atoms with Gasteiger partial charge in [-0.05, 0) is 59.0 Å². The summed E-state index contributed by atoms with van der Waals surface area (Å²) >= 11 is 0. The number of amidine groups is 1. The van der Waals surface area contributed by atoms with E-state index in [-0.39, 0.29) is 29.8 Å². The highest BCUT2D eigenvalue weighted by atomic mass is 32.2. The normalized spacial score (nSPS) is 10.8. The van der Waals surface area contributed by atoms with Crippen LogP contribution in [0.3, 0.4) is 0 Å². The second kappa shape index (κ2) is 13.4. The van der Waals surface area contributed by atoms with E-state index in [4.69, 9.17) is 20.4 Å². The van der Waals surface area contributed by atoms with Crippen molar-refractivity contribution >= 4 is 27.8 Å². The summed E-state index contributed by atoms with van der Waals surface area (Å²) < 4.78 is 31.8. The van der Waals surface area contributed by atoms with E-state index >= 15 is 0 Å². The van der Waals surface area contributed by atoms with Gasteiger partial charge in [-0.15, -0.1) is 0 Å².